The van der Waals surface area contributed by atoms with Crippen LogP contribution in [0.5, 0.6) is 0 Å². The van der Waals surface area contributed by atoms with Crippen molar-refractivity contribution in [1.29, 1.82) is 0 Å². The highest BCUT2D eigenvalue weighted by molar-refractivity contribution is 5.82. The summed E-state index contributed by atoms with van der Waals surface area (Å²) in [6, 6.07) is -0.744. The van der Waals surface area contributed by atoms with Gasteiger partial charge in [-0.2, -0.15) is 0 Å². The molecule has 6 heteroatoms. The minimum absolute atomic E-state index is 0.103. The van der Waals surface area contributed by atoms with Crippen molar-refractivity contribution in [3.63, 3.8) is 0 Å². The Morgan fingerprint density at radius 1 is 1.44 bits per heavy atom. The monoisotopic (exact) mass is 231 g/mol. The van der Waals surface area contributed by atoms with Crippen molar-refractivity contribution in [2.75, 3.05) is 13.7 Å². The Bertz CT molecular complexity index is 278. The molecule has 0 spiro atoms. The smallest absolute Gasteiger partial charge is 0.410 e. The van der Waals surface area contributed by atoms with Crippen molar-refractivity contribution in [2.24, 2.45) is 0 Å². The van der Waals surface area contributed by atoms with Gasteiger partial charge in [0.1, 0.15) is 6.04 Å². The molecule has 1 aliphatic rings. The van der Waals surface area contributed by atoms with Crippen LogP contribution in [0.2, 0.25) is 0 Å². The van der Waals surface area contributed by atoms with E-state index in [1.165, 1.54) is 12.0 Å². The number of nitrogens with zero attached hydrogens (tertiary/aromatic N) is 1. The molecule has 0 radical (unpaired) electrons. The van der Waals surface area contributed by atoms with Crippen LogP contribution >= 0.6 is 0 Å². The quantitative estimate of drug-likeness (QED) is 0.684. The summed E-state index contributed by atoms with van der Waals surface area (Å²) in [7, 11) is 1.25. The summed E-state index contributed by atoms with van der Waals surface area (Å²) in [4.78, 5) is 24.2. The first-order valence-corrected chi connectivity index (χ1v) is 5.18. The maximum absolute atomic E-state index is 11.6. The van der Waals surface area contributed by atoms with Crippen molar-refractivity contribution in [2.45, 2.75) is 38.5 Å². The normalized spacial score (nSPS) is 24.7. The second-order valence-electron chi connectivity index (χ2n) is 4.01. The molecule has 0 saturated carbocycles. The first-order chi connectivity index (χ1) is 7.45. The Morgan fingerprint density at radius 2 is 2.06 bits per heavy atom. The zero-order chi connectivity index (χ0) is 12.3. The fourth-order valence-electron chi connectivity index (χ4n) is 1.64. The SMILES string of the molecule is COC(=O)[C@@H]1CC(O)CN1C(=O)OC(C)C. The van der Waals surface area contributed by atoms with Crippen molar-refractivity contribution >= 4 is 12.1 Å². The van der Waals surface area contributed by atoms with Crippen molar-refractivity contribution in [1.82, 2.24) is 4.90 Å². The fraction of sp³-hybridized carbons (Fsp3) is 0.800. The van der Waals surface area contributed by atoms with E-state index in [0.29, 0.717) is 0 Å². The molecular formula is C10H17NO5. The van der Waals surface area contributed by atoms with Gasteiger partial charge in [0.05, 0.1) is 25.9 Å². The number of carbonyl (C=O) groups excluding carboxylic acids is 2. The first-order valence-electron chi connectivity index (χ1n) is 5.18. The van der Waals surface area contributed by atoms with Crippen LogP contribution < -0.4 is 0 Å². The molecule has 0 bridgehead atoms. The fourth-order valence-corrected chi connectivity index (χ4v) is 1.64. The summed E-state index contributed by atoms with van der Waals surface area (Å²) >= 11 is 0. The molecule has 1 aliphatic heterocycles. The molecule has 0 aromatic rings. The zero-order valence-corrected chi connectivity index (χ0v) is 9.67. The minimum Gasteiger partial charge on any atom is -0.467 e. The van der Waals surface area contributed by atoms with E-state index in [-0.39, 0.29) is 19.1 Å². The summed E-state index contributed by atoms with van der Waals surface area (Å²) in [5.74, 6) is -0.530. The topological polar surface area (TPSA) is 76.1 Å². The molecular weight excluding hydrogens is 214 g/mol. The summed E-state index contributed by atoms with van der Waals surface area (Å²) in [6.07, 6.45) is -1.37. The molecule has 2 atom stereocenters. The Labute approximate surface area is 94.1 Å². The number of carbonyl (C=O) groups is 2. The van der Waals surface area contributed by atoms with E-state index in [2.05, 4.69) is 4.74 Å². The largest absolute Gasteiger partial charge is 0.467 e. The van der Waals surface area contributed by atoms with E-state index in [0.717, 1.165) is 0 Å². The molecule has 1 amide bonds. The average molecular weight is 231 g/mol. The van der Waals surface area contributed by atoms with Crippen LogP contribution in [0.4, 0.5) is 4.79 Å². The second kappa shape index (κ2) is 5.16. The lowest BCUT2D eigenvalue weighted by atomic mass is 10.2. The highest BCUT2D eigenvalue weighted by Crippen LogP contribution is 2.20. The van der Waals surface area contributed by atoms with Gasteiger partial charge in [-0.25, -0.2) is 9.59 Å². The molecule has 1 heterocycles. The number of hydrogen-bond acceptors (Lipinski definition) is 5. The Hall–Kier alpha value is -1.30. The van der Waals surface area contributed by atoms with Crippen molar-refractivity contribution in [3.05, 3.63) is 0 Å². The standard InChI is InChI=1S/C10H17NO5/c1-6(2)16-10(14)11-5-7(12)4-8(11)9(13)15-3/h6-8,12H,4-5H2,1-3H3/t7?,8-/m0/s1. The van der Waals surface area contributed by atoms with E-state index in [1.807, 2.05) is 0 Å². The zero-order valence-electron chi connectivity index (χ0n) is 9.67. The average Bonchev–Trinajstić information content (AvgIpc) is 2.58. The third-order valence-corrected chi connectivity index (χ3v) is 2.32. The van der Waals surface area contributed by atoms with Crippen LogP contribution in [-0.2, 0) is 14.3 Å². The molecule has 1 rings (SSSR count). The van der Waals surface area contributed by atoms with Gasteiger partial charge < -0.3 is 14.6 Å². The van der Waals surface area contributed by atoms with Gasteiger partial charge in [-0.05, 0) is 13.8 Å². The van der Waals surface area contributed by atoms with Crippen LogP contribution in [0, 0.1) is 0 Å². The van der Waals surface area contributed by atoms with Gasteiger partial charge in [-0.1, -0.05) is 0 Å². The van der Waals surface area contributed by atoms with Gasteiger partial charge >= 0.3 is 12.1 Å². The predicted octanol–water partition coefficient (Wildman–Crippen LogP) is 0.140. The Morgan fingerprint density at radius 3 is 2.56 bits per heavy atom. The Kier molecular flexibility index (Phi) is 4.12. The maximum Gasteiger partial charge on any atom is 0.410 e. The highest BCUT2D eigenvalue weighted by Gasteiger charge is 2.40. The van der Waals surface area contributed by atoms with Gasteiger partial charge in [-0.3, -0.25) is 4.90 Å². The molecule has 0 aromatic heterocycles. The van der Waals surface area contributed by atoms with Crippen LogP contribution in [-0.4, -0.2) is 54.0 Å². The third kappa shape index (κ3) is 2.85. The van der Waals surface area contributed by atoms with Gasteiger partial charge in [0.25, 0.3) is 0 Å². The Balaban J connectivity index is 2.69. The number of hydrogen-bond donors (Lipinski definition) is 1. The van der Waals surface area contributed by atoms with E-state index in [1.54, 1.807) is 13.8 Å². The number of aliphatic hydroxyl groups excluding tert-OH is 1. The molecule has 92 valence electrons. The molecule has 16 heavy (non-hydrogen) atoms. The predicted molar refractivity (Wildman–Crippen MR) is 54.8 cm³/mol. The van der Waals surface area contributed by atoms with E-state index < -0.39 is 24.2 Å². The molecule has 6 nitrogen and oxygen atoms in total. The van der Waals surface area contributed by atoms with Gasteiger partial charge in [0.15, 0.2) is 0 Å². The van der Waals surface area contributed by atoms with Gasteiger partial charge in [0.2, 0.25) is 0 Å². The molecule has 0 aromatic carbocycles. The number of amides is 1. The first kappa shape index (κ1) is 12.8. The molecule has 0 aliphatic carbocycles. The summed E-state index contributed by atoms with van der Waals surface area (Å²) in [6.45, 7) is 3.54. The summed E-state index contributed by atoms with van der Waals surface area (Å²) < 4.78 is 9.54. The number of likely N-dealkylation sites (tertiary alicyclic amines) is 1. The summed E-state index contributed by atoms with van der Waals surface area (Å²) in [5, 5.41) is 9.44. The van der Waals surface area contributed by atoms with Crippen LogP contribution in [0.3, 0.4) is 0 Å². The van der Waals surface area contributed by atoms with E-state index >= 15 is 0 Å². The lowest BCUT2D eigenvalue weighted by Gasteiger charge is -2.22. The van der Waals surface area contributed by atoms with Gasteiger partial charge in [-0.15, -0.1) is 0 Å². The van der Waals surface area contributed by atoms with E-state index in [4.69, 9.17) is 4.74 Å². The van der Waals surface area contributed by atoms with Gasteiger partial charge in [0, 0.05) is 6.42 Å². The molecule has 1 N–H and O–H groups in total. The number of esters is 1. The number of β-amino-alcohol motifs (C(OH)–C–C–N with tert-alkyl or cyclic N) is 1. The van der Waals surface area contributed by atoms with Crippen molar-refractivity contribution < 1.29 is 24.2 Å². The third-order valence-electron chi connectivity index (χ3n) is 2.32. The van der Waals surface area contributed by atoms with Crippen LogP contribution in [0.15, 0.2) is 0 Å². The van der Waals surface area contributed by atoms with Crippen LogP contribution in [0.1, 0.15) is 20.3 Å². The highest BCUT2D eigenvalue weighted by atomic mass is 16.6. The summed E-state index contributed by atoms with van der Waals surface area (Å²) in [5.41, 5.74) is 0. The number of methoxy groups -OCH3 is 1. The van der Waals surface area contributed by atoms with Crippen molar-refractivity contribution in [3.8, 4) is 0 Å². The van der Waals surface area contributed by atoms with E-state index in [9.17, 15) is 14.7 Å². The lowest BCUT2D eigenvalue weighted by Crippen LogP contribution is -2.42. The number of rotatable bonds is 2. The number of aliphatic hydroxyl groups is 1. The maximum atomic E-state index is 11.6. The second-order valence-corrected chi connectivity index (χ2v) is 4.01. The lowest BCUT2D eigenvalue weighted by molar-refractivity contribution is -0.145. The molecule has 1 saturated heterocycles. The molecule has 1 fully saturated rings. The minimum atomic E-state index is -0.744. The number of ether oxygens (including phenoxy) is 2. The van der Waals surface area contributed by atoms with Crippen LogP contribution in [0.25, 0.3) is 0 Å². The molecule has 1 unspecified atom stereocenters.